The van der Waals surface area contributed by atoms with Gasteiger partial charge in [-0.15, -0.1) is 11.3 Å². The monoisotopic (exact) mass is 353 g/mol. The number of sulfonamides is 1. The van der Waals surface area contributed by atoms with Gasteiger partial charge in [0.1, 0.15) is 16.1 Å². The molecule has 0 radical (unpaired) electrons. The number of amides is 1. The molecule has 1 atom stereocenters. The molecule has 1 amide bonds. The van der Waals surface area contributed by atoms with Crippen LogP contribution in [0.1, 0.15) is 19.5 Å². The summed E-state index contributed by atoms with van der Waals surface area (Å²) in [5.74, 6) is -0.247. The molecule has 0 saturated carbocycles. The number of hydrogen-bond acceptors (Lipinski definition) is 5. The molecule has 124 valence electrons. The Labute approximate surface area is 140 Å². The van der Waals surface area contributed by atoms with Gasteiger partial charge in [0.05, 0.1) is 0 Å². The van der Waals surface area contributed by atoms with Gasteiger partial charge in [0.25, 0.3) is 10.0 Å². The zero-order valence-corrected chi connectivity index (χ0v) is 14.7. The van der Waals surface area contributed by atoms with Crippen LogP contribution in [0.5, 0.6) is 0 Å². The highest BCUT2D eigenvalue weighted by atomic mass is 32.2. The zero-order valence-electron chi connectivity index (χ0n) is 13.1. The third-order valence-corrected chi connectivity index (χ3v) is 5.97. The van der Waals surface area contributed by atoms with Crippen molar-refractivity contribution >= 4 is 33.1 Å². The lowest BCUT2D eigenvalue weighted by molar-refractivity contribution is -0.118. The van der Waals surface area contributed by atoms with Crippen molar-refractivity contribution in [2.24, 2.45) is 5.92 Å². The average molecular weight is 353 g/mol. The van der Waals surface area contributed by atoms with Gasteiger partial charge in [0.2, 0.25) is 5.91 Å². The Morgan fingerprint density at radius 3 is 2.52 bits per heavy atom. The number of anilines is 1. The van der Waals surface area contributed by atoms with Gasteiger partial charge in [-0.2, -0.15) is 4.72 Å². The number of carbonyl (C=O) groups is 1. The van der Waals surface area contributed by atoms with Crippen LogP contribution in [-0.2, 0) is 14.8 Å². The molecule has 0 aliphatic carbocycles. The zero-order chi connectivity index (χ0) is 17.0. The van der Waals surface area contributed by atoms with E-state index in [-0.39, 0.29) is 10.1 Å². The fourth-order valence-electron chi connectivity index (χ4n) is 1.95. The predicted molar refractivity (Wildman–Crippen MR) is 90.9 cm³/mol. The maximum absolute atomic E-state index is 12.4. The van der Waals surface area contributed by atoms with Crippen LogP contribution in [0.15, 0.2) is 39.9 Å². The molecule has 2 aromatic heterocycles. The van der Waals surface area contributed by atoms with Gasteiger partial charge < -0.3 is 5.32 Å². The largest absolute Gasteiger partial charge is 0.309 e. The Morgan fingerprint density at radius 1 is 1.22 bits per heavy atom. The van der Waals surface area contributed by atoms with E-state index in [4.69, 9.17) is 0 Å². The molecule has 2 N–H and O–H groups in total. The highest BCUT2D eigenvalue weighted by molar-refractivity contribution is 7.91. The van der Waals surface area contributed by atoms with E-state index in [0.717, 1.165) is 17.0 Å². The first-order valence-electron chi connectivity index (χ1n) is 7.10. The van der Waals surface area contributed by atoms with Crippen LogP contribution in [0.3, 0.4) is 0 Å². The summed E-state index contributed by atoms with van der Waals surface area (Å²) < 4.78 is 27.3. The molecule has 1 unspecified atom stereocenters. The maximum Gasteiger partial charge on any atom is 0.250 e. The van der Waals surface area contributed by atoms with Gasteiger partial charge >= 0.3 is 0 Å². The van der Waals surface area contributed by atoms with Gasteiger partial charge in [-0.3, -0.25) is 4.79 Å². The van der Waals surface area contributed by atoms with Gasteiger partial charge in [-0.1, -0.05) is 26.0 Å². The molecule has 6 nitrogen and oxygen atoms in total. The molecule has 2 aromatic rings. The summed E-state index contributed by atoms with van der Waals surface area (Å²) >= 11 is 1.11. The van der Waals surface area contributed by atoms with Crippen LogP contribution in [0, 0.1) is 12.8 Å². The van der Waals surface area contributed by atoms with Crippen molar-refractivity contribution < 1.29 is 13.2 Å². The van der Waals surface area contributed by atoms with E-state index in [1.54, 1.807) is 37.4 Å². The van der Waals surface area contributed by atoms with Gasteiger partial charge in [0, 0.05) is 5.69 Å². The molecule has 0 aliphatic heterocycles. The van der Waals surface area contributed by atoms with Crippen molar-refractivity contribution in [1.29, 1.82) is 0 Å². The van der Waals surface area contributed by atoms with Crippen molar-refractivity contribution in [3.8, 4) is 0 Å². The number of aryl methyl sites for hydroxylation is 1. The Balaban J connectivity index is 2.17. The first-order valence-corrected chi connectivity index (χ1v) is 9.46. The SMILES string of the molecule is Cc1cccc(NC(=O)C(NS(=O)(=O)c2cccs2)C(C)C)n1. The third-order valence-electron chi connectivity index (χ3n) is 3.13. The Morgan fingerprint density at radius 2 is 1.96 bits per heavy atom. The minimum Gasteiger partial charge on any atom is -0.309 e. The molecule has 0 fully saturated rings. The van der Waals surface area contributed by atoms with E-state index >= 15 is 0 Å². The van der Waals surface area contributed by atoms with Crippen molar-refractivity contribution in [2.45, 2.75) is 31.0 Å². The van der Waals surface area contributed by atoms with Crippen molar-refractivity contribution in [1.82, 2.24) is 9.71 Å². The van der Waals surface area contributed by atoms with E-state index in [1.165, 1.54) is 6.07 Å². The maximum atomic E-state index is 12.4. The van der Waals surface area contributed by atoms with Crippen molar-refractivity contribution in [3.05, 3.63) is 41.4 Å². The van der Waals surface area contributed by atoms with E-state index in [0.29, 0.717) is 5.82 Å². The van der Waals surface area contributed by atoms with E-state index in [1.807, 2.05) is 13.0 Å². The molecular formula is C15H19N3O3S2. The number of aromatic nitrogens is 1. The predicted octanol–water partition coefficient (Wildman–Crippen LogP) is 2.39. The van der Waals surface area contributed by atoms with Crippen LogP contribution < -0.4 is 10.0 Å². The fraction of sp³-hybridized carbons (Fsp3) is 0.333. The van der Waals surface area contributed by atoms with Gasteiger partial charge in [0.15, 0.2) is 0 Å². The summed E-state index contributed by atoms with van der Waals surface area (Å²) in [6.07, 6.45) is 0. The van der Waals surface area contributed by atoms with E-state index in [9.17, 15) is 13.2 Å². The lowest BCUT2D eigenvalue weighted by atomic mass is 10.1. The summed E-state index contributed by atoms with van der Waals surface area (Å²) in [6.45, 7) is 5.38. The third kappa shape index (κ3) is 4.60. The number of hydrogen-bond donors (Lipinski definition) is 2. The van der Waals surface area contributed by atoms with Crippen molar-refractivity contribution in [3.63, 3.8) is 0 Å². The van der Waals surface area contributed by atoms with Crippen LogP contribution in [0.4, 0.5) is 5.82 Å². The van der Waals surface area contributed by atoms with Crippen LogP contribution in [-0.4, -0.2) is 25.4 Å². The molecule has 2 heterocycles. The summed E-state index contributed by atoms with van der Waals surface area (Å²) in [6, 6.07) is 7.53. The minimum absolute atomic E-state index is 0.185. The number of nitrogens with one attached hydrogen (secondary N) is 2. The molecule has 0 aromatic carbocycles. The Kier molecular flexibility index (Phi) is 5.51. The molecule has 2 rings (SSSR count). The molecule has 8 heteroatoms. The topological polar surface area (TPSA) is 88.2 Å². The Hall–Kier alpha value is -1.77. The minimum atomic E-state index is -3.72. The summed E-state index contributed by atoms with van der Waals surface area (Å²) in [5.41, 5.74) is 0.767. The highest BCUT2D eigenvalue weighted by Gasteiger charge is 2.29. The standard InChI is InChI=1S/C15H19N3O3S2/c1-10(2)14(18-23(20,21)13-8-5-9-22-13)15(19)17-12-7-4-6-11(3)16-12/h4-10,14,18H,1-3H3,(H,16,17,19). The molecule has 0 spiro atoms. The first kappa shape index (κ1) is 17.6. The van der Waals surface area contributed by atoms with Gasteiger partial charge in [-0.05, 0) is 36.4 Å². The van der Waals surface area contributed by atoms with Gasteiger partial charge in [-0.25, -0.2) is 13.4 Å². The summed E-state index contributed by atoms with van der Waals surface area (Å²) in [7, 11) is -3.72. The number of rotatable bonds is 6. The second-order valence-corrected chi connectivity index (χ2v) is 8.32. The lowest BCUT2D eigenvalue weighted by Gasteiger charge is -2.21. The molecular weight excluding hydrogens is 334 g/mol. The van der Waals surface area contributed by atoms with Crippen molar-refractivity contribution in [2.75, 3.05) is 5.32 Å². The second kappa shape index (κ2) is 7.20. The summed E-state index contributed by atoms with van der Waals surface area (Å²) in [5, 5.41) is 4.33. The fourth-order valence-corrected chi connectivity index (χ4v) is 4.30. The second-order valence-electron chi connectivity index (χ2n) is 5.43. The number of nitrogens with zero attached hydrogens (tertiary/aromatic N) is 1. The Bertz CT molecular complexity index is 771. The average Bonchev–Trinajstić information content (AvgIpc) is 2.99. The first-order chi connectivity index (χ1) is 10.8. The van der Waals surface area contributed by atoms with E-state index in [2.05, 4.69) is 15.0 Å². The smallest absolute Gasteiger partial charge is 0.250 e. The molecule has 0 bridgehead atoms. The summed E-state index contributed by atoms with van der Waals surface area (Å²) in [4.78, 5) is 16.6. The number of pyridine rings is 1. The molecule has 0 saturated heterocycles. The number of carbonyl (C=O) groups excluding carboxylic acids is 1. The van der Waals surface area contributed by atoms with E-state index < -0.39 is 22.0 Å². The number of thiophene rings is 1. The highest BCUT2D eigenvalue weighted by Crippen LogP contribution is 2.18. The van der Waals surface area contributed by atoms with Crippen LogP contribution in [0.25, 0.3) is 0 Å². The van der Waals surface area contributed by atoms with Crippen LogP contribution >= 0.6 is 11.3 Å². The quantitative estimate of drug-likeness (QED) is 0.835. The lowest BCUT2D eigenvalue weighted by Crippen LogP contribution is -2.46. The molecule has 0 aliphatic rings. The normalized spacial score (nSPS) is 13.0. The molecule has 23 heavy (non-hydrogen) atoms. The van der Waals surface area contributed by atoms with Crippen LogP contribution in [0.2, 0.25) is 0 Å².